The van der Waals surface area contributed by atoms with Gasteiger partial charge < -0.3 is 20.7 Å². The maximum Gasteiger partial charge on any atom is 0.341 e. The van der Waals surface area contributed by atoms with Crippen molar-refractivity contribution in [2.75, 3.05) is 17.2 Å². The van der Waals surface area contributed by atoms with Crippen LogP contribution in [0.2, 0.25) is 0 Å². The van der Waals surface area contributed by atoms with Gasteiger partial charge in [0.1, 0.15) is 16.3 Å². The zero-order chi connectivity index (χ0) is 37.3. The second-order valence-corrected chi connectivity index (χ2v) is 14.4. The highest BCUT2D eigenvalue weighted by Crippen LogP contribution is 2.37. The largest absolute Gasteiger partial charge is 0.462 e. The summed E-state index contributed by atoms with van der Waals surface area (Å²) in [5, 5.41) is 12.3. The third-order valence-corrected chi connectivity index (χ3v) is 10.3. The number of thioether (sulfide) groups is 1. The number of carbonyl (C=O) groups is 4. The number of anilines is 2. The third kappa shape index (κ3) is 9.10. The van der Waals surface area contributed by atoms with Crippen LogP contribution < -0.4 is 16.0 Å². The molecule has 6 rings (SSSR count). The Hall–Kier alpha value is -5.97. The number of thiophene rings is 1. The minimum Gasteiger partial charge on any atom is -0.462 e. The molecule has 0 bridgehead atoms. The number of ether oxygens (including phenoxy) is 1. The summed E-state index contributed by atoms with van der Waals surface area (Å²) in [7, 11) is 0. The van der Waals surface area contributed by atoms with Crippen molar-refractivity contribution in [1.82, 2.24) is 5.32 Å². The van der Waals surface area contributed by atoms with E-state index < -0.39 is 23.0 Å². The predicted molar refractivity (Wildman–Crippen MR) is 215 cm³/mol. The van der Waals surface area contributed by atoms with Crippen molar-refractivity contribution >= 4 is 74.3 Å². The first-order valence-electron chi connectivity index (χ1n) is 17.0. The van der Waals surface area contributed by atoms with E-state index in [1.807, 2.05) is 91.2 Å². The maximum atomic E-state index is 13.8. The van der Waals surface area contributed by atoms with E-state index in [-0.39, 0.29) is 18.2 Å². The van der Waals surface area contributed by atoms with Crippen LogP contribution in [0.3, 0.4) is 0 Å². The lowest BCUT2D eigenvalue weighted by molar-refractivity contribution is -0.115. The van der Waals surface area contributed by atoms with E-state index in [9.17, 15) is 19.2 Å². The number of carbonyl (C=O) groups excluding carboxylic acids is 4. The fourth-order valence-electron chi connectivity index (χ4n) is 5.59. The molecule has 6 aromatic rings. The van der Waals surface area contributed by atoms with Crippen LogP contribution in [0.4, 0.5) is 10.7 Å². The minimum absolute atomic E-state index is 0.0689. The molecule has 10 heteroatoms. The van der Waals surface area contributed by atoms with E-state index in [4.69, 9.17) is 4.74 Å². The Labute approximate surface area is 316 Å². The summed E-state index contributed by atoms with van der Waals surface area (Å²) in [6.45, 7) is 5.71. The molecule has 0 aliphatic carbocycles. The van der Waals surface area contributed by atoms with Crippen LogP contribution in [0.25, 0.3) is 28.0 Å². The van der Waals surface area contributed by atoms with Crippen LogP contribution in [0.5, 0.6) is 0 Å². The summed E-state index contributed by atoms with van der Waals surface area (Å²) >= 11 is 2.57. The van der Waals surface area contributed by atoms with Crippen LogP contribution >= 0.6 is 23.1 Å². The molecule has 0 fully saturated rings. The highest BCUT2D eigenvalue weighted by atomic mass is 32.2. The van der Waals surface area contributed by atoms with Gasteiger partial charge in [-0.25, -0.2) is 4.79 Å². The number of aryl methyl sites for hydroxylation is 1. The van der Waals surface area contributed by atoms with Gasteiger partial charge in [-0.3, -0.25) is 14.4 Å². The molecular weight excluding hydrogens is 703 g/mol. The predicted octanol–water partition coefficient (Wildman–Crippen LogP) is 9.58. The molecule has 0 saturated carbocycles. The number of esters is 1. The Balaban J connectivity index is 1.19. The molecular formula is C43H37N3O5S2. The second kappa shape index (κ2) is 17.0. The van der Waals surface area contributed by atoms with Crippen molar-refractivity contribution in [3.05, 3.63) is 155 Å². The highest BCUT2D eigenvalue weighted by Gasteiger charge is 2.25. The van der Waals surface area contributed by atoms with Crippen molar-refractivity contribution < 1.29 is 23.9 Å². The molecule has 53 heavy (non-hydrogen) atoms. The van der Waals surface area contributed by atoms with Gasteiger partial charge in [-0.05, 0) is 79.1 Å². The molecule has 0 radical (unpaired) electrons. The van der Waals surface area contributed by atoms with E-state index in [2.05, 4.69) is 16.0 Å². The fraction of sp³-hybridized carbons (Fsp3) is 0.116. The van der Waals surface area contributed by atoms with Gasteiger partial charge in [0.25, 0.3) is 11.8 Å². The molecule has 3 amide bonds. The molecule has 0 aliphatic heterocycles. The van der Waals surface area contributed by atoms with Gasteiger partial charge in [-0.1, -0.05) is 96.6 Å². The van der Waals surface area contributed by atoms with E-state index in [1.54, 1.807) is 62.4 Å². The monoisotopic (exact) mass is 739 g/mol. The normalized spacial score (nSPS) is 11.8. The topological polar surface area (TPSA) is 114 Å². The van der Waals surface area contributed by atoms with Gasteiger partial charge in [-0.15, -0.1) is 23.1 Å². The fourth-order valence-corrected chi connectivity index (χ4v) is 7.48. The highest BCUT2D eigenvalue weighted by molar-refractivity contribution is 8.00. The Morgan fingerprint density at radius 1 is 0.830 bits per heavy atom. The average molecular weight is 740 g/mol. The number of nitrogens with one attached hydrogen (secondary N) is 3. The van der Waals surface area contributed by atoms with E-state index in [0.29, 0.717) is 27.4 Å². The standard InChI is InChI=1S/C43H37N3O5S2/c1-4-51-43(50)38-36(30-22-20-27(2)21-23-30)26-52-42(38)46-39(47)28(3)53-34-18-11-17-33(25-34)44-41(49)37(45-40(48)31-13-6-5-7-14-31)24-32-16-10-15-29-12-8-9-19-35(29)32/h5-26,28H,4H2,1-3H3,(H,44,49)(H,45,48)(H,46,47)/b37-24+. The van der Waals surface area contributed by atoms with Crippen molar-refractivity contribution in [2.45, 2.75) is 30.9 Å². The van der Waals surface area contributed by atoms with E-state index in [0.717, 1.165) is 32.4 Å². The summed E-state index contributed by atoms with van der Waals surface area (Å²) in [6, 6.07) is 37.3. The summed E-state index contributed by atoms with van der Waals surface area (Å²) < 4.78 is 5.36. The SMILES string of the molecule is CCOC(=O)c1c(-c2ccc(C)cc2)csc1NC(=O)C(C)Sc1cccc(NC(=O)/C(=C\c2cccc3ccccc23)NC(=O)c2ccccc2)c1. The lowest BCUT2D eigenvalue weighted by Gasteiger charge is -2.15. The third-order valence-electron chi connectivity index (χ3n) is 8.30. The van der Waals surface area contributed by atoms with Gasteiger partial charge >= 0.3 is 5.97 Å². The van der Waals surface area contributed by atoms with Crippen LogP contribution in [-0.4, -0.2) is 35.5 Å². The van der Waals surface area contributed by atoms with Crippen molar-refractivity contribution in [3.63, 3.8) is 0 Å². The Morgan fingerprint density at radius 3 is 2.32 bits per heavy atom. The Bertz CT molecular complexity index is 2310. The number of rotatable bonds is 12. The maximum absolute atomic E-state index is 13.8. The Morgan fingerprint density at radius 2 is 1.55 bits per heavy atom. The van der Waals surface area contributed by atoms with Crippen molar-refractivity contribution in [2.24, 2.45) is 0 Å². The molecule has 1 heterocycles. The van der Waals surface area contributed by atoms with Gasteiger partial charge in [0.2, 0.25) is 5.91 Å². The molecule has 1 unspecified atom stereocenters. The molecule has 266 valence electrons. The summed E-state index contributed by atoms with van der Waals surface area (Å²) in [5.41, 5.74) is 4.70. The zero-order valence-corrected chi connectivity index (χ0v) is 31.0. The first-order chi connectivity index (χ1) is 25.7. The lowest BCUT2D eigenvalue weighted by Crippen LogP contribution is -2.30. The average Bonchev–Trinajstić information content (AvgIpc) is 3.59. The molecule has 0 spiro atoms. The molecule has 0 saturated heterocycles. The van der Waals surface area contributed by atoms with Gasteiger partial charge in [0.15, 0.2) is 0 Å². The van der Waals surface area contributed by atoms with Crippen molar-refractivity contribution in [1.29, 1.82) is 0 Å². The van der Waals surface area contributed by atoms with E-state index in [1.165, 1.54) is 23.1 Å². The number of amides is 3. The number of fused-ring (bicyclic) bond motifs is 1. The minimum atomic E-state index is -0.562. The smallest absolute Gasteiger partial charge is 0.341 e. The second-order valence-electron chi connectivity index (χ2n) is 12.1. The summed E-state index contributed by atoms with van der Waals surface area (Å²) in [5.74, 6) is -1.73. The van der Waals surface area contributed by atoms with Crippen LogP contribution in [-0.2, 0) is 14.3 Å². The zero-order valence-electron chi connectivity index (χ0n) is 29.3. The van der Waals surface area contributed by atoms with Crippen molar-refractivity contribution in [3.8, 4) is 11.1 Å². The molecule has 5 aromatic carbocycles. The van der Waals surface area contributed by atoms with Crippen LogP contribution in [0, 0.1) is 6.92 Å². The quantitative estimate of drug-likeness (QED) is 0.0655. The number of hydrogen-bond donors (Lipinski definition) is 3. The number of benzene rings is 5. The molecule has 8 nitrogen and oxygen atoms in total. The van der Waals surface area contributed by atoms with E-state index >= 15 is 0 Å². The summed E-state index contributed by atoms with van der Waals surface area (Å²) in [6.07, 6.45) is 1.67. The van der Waals surface area contributed by atoms with Gasteiger partial charge in [0.05, 0.1) is 11.9 Å². The first kappa shape index (κ1) is 36.8. The molecule has 0 aliphatic rings. The van der Waals surface area contributed by atoms with Gasteiger partial charge in [0, 0.05) is 27.1 Å². The van der Waals surface area contributed by atoms with Crippen LogP contribution in [0.1, 0.15) is 45.7 Å². The summed E-state index contributed by atoms with van der Waals surface area (Å²) in [4.78, 5) is 54.3. The lowest BCUT2D eigenvalue weighted by atomic mass is 10.0. The number of hydrogen-bond acceptors (Lipinski definition) is 7. The van der Waals surface area contributed by atoms with Crippen LogP contribution in [0.15, 0.2) is 137 Å². The molecule has 1 atom stereocenters. The Kier molecular flexibility index (Phi) is 11.8. The molecule has 3 N–H and O–H groups in total. The molecule has 1 aromatic heterocycles. The first-order valence-corrected chi connectivity index (χ1v) is 18.8. The van der Waals surface area contributed by atoms with Gasteiger partial charge in [-0.2, -0.15) is 0 Å².